The van der Waals surface area contributed by atoms with Crippen LogP contribution in [0.5, 0.6) is 0 Å². The Labute approximate surface area is 87.5 Å². The molecule has 14 heavy (non-hydrogen) atoms. The van der Waals surface area contributed by atoms with Crippen molar-refractivity contribution in [3.63, 3.8) is 0 Å². The van der Waals surface area contributed by atoms with Crippen LogP contribution < -0.4 is 5.73 Å². The number of halogens is 2. The summed E-state index contributed by atoms with van der Waals surface area (Å²) in [5, 5.41) is 9.11. The van der Waals surface area contributed by atoms with E-state index >= 15 is 0 Å². The molecule has 1 aromatic carbocycles. The fourth-order valence-corrected chi connectivity index (χ4v) is 1.45. The molecule has 0 aliphatic rings. The molecule has 0 saturated carbocycles. The number of hydrogen-bond donors (Lipinski definition) is 2. The number of rotatable bonds is 4. The molecular weight excluding hydrogens is 205 g/mol. The van der Waals surface area contributed by atoms with Crippen molar-refractivity contribution in [3.05, 3.63) is 34.6 Å². The summed E-state index contributed by atoms with van der Waals surface area (Å²) >= 11 is 5.81. The van der Waals surface area contributed by atoms with Gasteiger partial charge in [0.2, 0.25) is 0 Å². The van der Waals surface area contributed by atoms with Gasteiger partial charge in [0.1, 0.15) is 5.82 Å². The van der Waals surface area contributed by atoms with Crippen LogP contribution in [0.25, 0.3) is 0 Å². The number of aliphatic hydroxyl groups excluding tert-OH is 1. The topological polar surface area (TPSA) is 46.2 Å². The van der Waals surface area contributed by atoms with E-state index in [2.05, 4.69) is 0 Å². The molecule has 0 aromatic heterocycles. The molecule has 0 amide bonds. The highest BCUT2D eigenvalue weighted by atomic mass is 35.5. The Bertz CT molecular complexity index is 286. The maximum atomic E-state index is 13.2. The van der Waals surface area contributed by atoms with E-state index in [9.17, 15) is 4.39 Å². The second-order valence-electron chi connectivity index (χ2n) is 3.18. The SMILES string of the molecule is NC(CO)CCc1c(F)cccc1Cl. The van der Waals surface area contributed by atoms with Gasteiger partial charge in [-0.15, -0.1) is 0 Å². The third-order valence-corrected chi connectivity index (χ3v) is 2.42. The molecule has 3 N–H and O–H groups in total. The van der Waals surface area contributed by atoms with Crippen LogP contribution in [0.4, 0.5) is 4.39 Å². The molecule has 0 bridgehead atoms. The lowest BCUT2D eigenvalue weighted by atomic mass is 10.1. The highest BCUT2D eigenvalue weighted by Crippen LogP contribution is 2.20. The Balaban J connectivity index is 2.66. The molecule has 0 fully saturated rings. The van der Waals surface area contributed by atoms with E-state index in [4.69, 9.17) is 22.4 Å². The van der Waals surface area contributed by atoms with E-state index in [0.29, 0.717) is 23.4 Å². The zero-order valence-electron chi connectivity index (χ0n) is 7.71. The molecule has 4 heteroatoms. The first-order chi connectivity index (χ1) is 6.65. The van der Waals surface area contributed by atoms with E-state index in [1.54, 1.807) is 12.1 Å². The highest BCUT2D eigenvalue weighted by Gasteiger charge is 2.08. The molecule has 0 saturated heterocycles. The highest BCUT2D eigenvalue weighted by molar-refractivity contribution is 6.31. The molecule has 1 rings (SSSR count). The van der Waals surface area contributed by atoms with E-state index < -0.39 is 0 Å². The van der Waals surface area contributed by atoms with Crippen LogP contribution in [0.2, 0.25) is 5.02 Å². The van der Waals surface area contributed by atoms with Gasteiger partial charge in [-0.25, -0.2) is 4.39 Å². The van der Waals surface area contributed by atoms with Crippen molar-refractivity contribution in [3.8, 4) is 0 Å². The Morgan fingerprint density at radius 1 is 1.50 bits per heavy atom. The van der Waals surface area contributed by atoms with Crippen molar-refractivity contribution < 1.29 is 9.50 Å². The molecule has 0 aliphatic heterocycles. The normalized spacial score (nSPS) is 12.9. The maximum Gasteiger partial charge on any atom is 0.127 e. The average Bonchev–Trinajstić information content (AvgIpc) is 2.16. The van der Waals surface area contributed by atoms with E-state index in [-0.39, 0.29) is 18.5 Å². The second kappa shape index (κ2) is 5.29. The van der Waals surface area contributed by atoms with Gasteiger partial charge in [-0.1, -0.05) is 17.7 Å². The van der Waals surface area contributed by atoms with Gasteiger partial charge in [0, 0.05) is 16.6 Å². The summed E-state index contributed by atoms with van der Waals surface area (Å²) in [4.78, 5) is 0. The Morgan fingerprint density at radius 2 is 2.21 bits per heavy atom. The molecule has 1 aromatic rings. The summed E-state index contributed by atoms with van der Waals surface area (Å²) < 4.78 is 13.2. The summed E-state index contributed by atoms with van der Waals surface area (Å²) in [7, 11) is 0. The smallest absolute Gasteiger partial charge is 0.127 e. The predicted molar refractivity (Wildman–Crippen MR) is 54.8 cm³/mol. The Kier molecular flexibility index (Phi) is 4.32. The summed E-state index contributed by atoms with van der Waals surface area (Å²) in [5.41, 5.74) is 5.98. The van der Waals surface area contributed by atoms with Crippen molar-refractivity contribution in [1.82, 2.24) is 0 Å². The van der Waals surface area contributed by atoms with Gasteiger partial charge in [-0.05, 0) is 25.0 Å². The first-order valence-corrected chi connectivity index (χ1v) is 4.82. The van der Waals surface area contributed by atoms with Crippen LogP contribution >= 0.6 is 11.6 Å². The lowest BCUT2D eigenvalue weighted by Crippen LogP contribution is -2.24. The standard InChI is InChI=1S/C10H13ClFNO/c11-9-2-1-3-10(12)8(9)5-4-7(13)6-14/h1-3,7,14H,4-6,13H2. The molecule has 0 heterocycles. The van der Waals surface area contributed by atoms with Gasteiger partial charge in [0.15, 0.2) is 0 Å². The Morgan fingerprint density at radius 3 is 2.79 bits per heavy atom. The van der Waals surface area contributed by atoms with Crippen LogP contribution in [-0.4, -0.2) is 17.8 Å². The van der Waals surface area contributed by atoms with Crippen LogP contribution in [0.1, 0.15) is 12.0 Å². The quantitative estimate of drug-likeness (QED) is 0.807. The van der Waals surface area contributed by atoms with Crippen LogP contribution in [-0.2, 0) is 6.42 Å². The minimum atomic E-state index is -0.317. The van der Waals surface area contributed by atoms with E-state index in [1.807, 2.05) is 0 Å². The molecule has 1 atom stereocenters. The molecule has 0 aliphatic carbocycles. The van der Waals surface area contributed by atoms with Gasteiger partial charge < -0.3 is 10.8 Å². The second-order valence-corrected chi connectivity index (χ2v) is 3.59. The van der Waals surface area contributed by atoms with Crippen molar-refractivity contribution in [2.45, 2.75) is 18.9 Å². The molecule has 2 nitrogen and oxygen atoms in total. The minimum absolute atomic E-state index is 0.0912. The molecule has 0 spiro atoms. The van der Waals surface area contributed by atoms with Gasteiger partial charge in [0.25, 0.3) is 0 Å². The fraction of sp³-hybridized carbons (Fsp3) is 0.400. The number of benzene rings is 1. The third-order valence-electron chi connectivity index (χ3n) is 2.06. The van der Waals surface area contributed by atoms with Crippen LogP contribution in [0.3, 0.4) is 0 Å². The number of hydrogen-bond acceptors (Lipinski definition) is 2. The summed E-state index contributed by atoms with van der Waals surface area (Å²) in [6, 6.07) is 4.26. The lowest BCUT2D eigenvalue weighted by molar-refractivity contribution is 0.260. The molecular formula is C10H13ClFNO. The van der Waals surface area contributed by atoms with Gasteiger partial charge >= 0.3 is 0 Å². The molecule has 0 radical (unpaired) electrons. The Hall–Kier alpha value is -0.640. The number of nitrogens with two attached hydrogens (primary N) is 1. The maximum absolute atomic E-state index is 13.2. The molecule has 78 valence electrons. The van der Waals surface area contributed by atoms with Gasteiger partial charge in [-0.3, -0.25) is 0 Å². The van der Waals surface area contributed by atoms with Crippen molar-refractivity contribution in [2.75, 3.05) is 6.61 Å². The number of aliphatic hydroxyl groups is 1. The minimum Gasteiger partial charge on any atom is -0.395 e. The van der Waals surface area contributed by atoms with Crippen LogP contribution in [0, 0.1) is 5.82 Å². The van der Waals surface area contributed by atoms with Crippen molar-refractivity contribution in [1.29, 1.82) is 0 Å². The largest absolute Gasteiger partial charge is 0.395 e. The van der Waals surface area contributed by atoms with E-state index in [0.717, 1.165) is 0 Å². The lowest BCUT2D eigenvalue weighted by Gasteiger charge is -2.09. The third kappa shape index (κ3) is 2.94. The summed E-state index contributed by atoms with van der Waals surface area (Å²) in [5.74, 6) is -0.317. The van der Waals surface area contributed by atoms with Gasteiger partial charge in [0.05, 0.1) is 6.61 Å². The van der Waals surface area contributed by atoms with Gasteiger partial charge in [-0.2, -0.15) is 0 Å². The summed E-state index contributed by atoms with van der Waals surface area (Å²) in [6.45, 7) is -0.0912. The van der Waals surface area contributed by atoms with Crippen LogP contribution in [0.15, 0.2) is 18.2 Å². The van der Waals surface area contributed by atoms with Crippen molar-refractivity contribution in [2.24, 2.45) is 5.73 Å². The zero-order valence-corrected chi connectivity index (χ0v) is 8.47. The average molecular weight is 218 g/mol. The fourth-order valence-electron chi connectivity index (χ4n) is 1.19. The monoisotopic (exact) mass is 217 g/mol. The van der Waals surface area contributed by atoms with Crippen molar-refractivity contribution >= 4 is 11.6 Å². The molecule has 1 unspecified atom stereocenters. The zero-order chi connectivity index (χ0) is 10.6. The first kappa shape index (κ1) is 11.4. The predicted octanol–water partition coefficient (Wildman–Crippen LogP) is 1.73. The van der Waals surface area contributed by atoms with E-state index in [1.165, 1.54) is 6.07 Å². The summed E-state index contributed by atoms with van der Waals surface area (Å²) in [6.07, 6.45) is 0.977. The first-order valence-electron chi connectivity index (χ1n) is 4.44.